The van der Waals surface area contributed by atoms with E-state index < -0.39 is 11.0 Å². The molecule has 1 atom stereocenters. The fourth-order valence-electron chi connectivity index (χ4n) is 5.95. The van der Waals surface area contributed by atoms with Gasteiger partial charge in [-0.1, -0.05) is 29.6 Å². The zero-order valence-electron chi connectivity index (χ0n) is 24.3. The van der Waals surface area contributed by atoms with Crippen LogP contribution in [0.2, 0.25) is 0 Å². The van der Waals surface area contributed by atoms with Crippen molar-refractivity contribution in [1.29, 1.82) is 0 Å². The molecule has 7 nitrogen and oxygen atoms in total. The number of likely N-dealkylation sites (tertiary alicyclic amines) is 1. The molecular formula is C32H40N4O3S. The second-order valence-electron chi connectivity index (χ2n) is 11.8. The Morgan fingerprint density at radius 1 is 1.15 bits per heavy atom. The number of ether oxygens (including phenoxy) is 1. The molecule has 0 saturated carbocycles. The Morgan fingerprint density at radius 3 is 2.62 bits per heavy atom. The van der Waals surface area contributed by atoms with E-state index in [0.29, 0.717) is 43.0 Å². The van der Waals surface area contributed by atoms with Gasteiger partial charge < -0.3 is 14.5 Å². The van der Waals surface area contributed by atoms with Gasteiger partial charge >= 0.3 is 6.09 Å². The molecule has 0 bridgehead atoms. The fourth-order valence-corrected chi connectivity index (χ4v) is 6.79. The molecule has 0 radical (unpaired) electrons. The van der Waals surface area contributed by atoms with Crippen LogP contribution in [0.15, 0.2) is 48.9 Å². The number of benzene rings is 1. The topological polar surface area (TPSA) is 75.6 Å². The Bertz CT molecular complexity index is 1450. The van der Waals surface area contributed by atoms with Crippen molar-refractivity contribution in [3.63, 3.8) is 0 Å². The zero-order valence-corrected chi connectivity index (χ0v) is 25.1. The van der Waals surface area contributed by atoms with Crippen LogP contribution in [0.25, 0.3) is 10.8 Å². The van der Waals surface area contributed by atoms with E-state index in [1.165, 1.54) is 10.9 Å². The van der Waals surface area contributed by atoms with E-state index in [9.17, 15) is 9.59 Å². The molecule has 8 heteroatoms. The van der Waals surface area contributed by atoms with Crippen LogP contribution in [0.5, 0.6) is 0 Å². The highest BCUT2D eigenvalue weighted by atomic mass is 32.2. The zero-order chi connectivity index (χ0) is 28.5. The van der Waals surface area contributed by atoms with Crippen molar-refractivity contribution < 1.29 is 14.3 Å². The van der Waals surface area contributed by atoms with Gasteiger partial charge in [-0.25, -0.2) is 4.79 Å². The molecule has 0 aliphatic carbocycles. The van der Waals surface area contributed by atoms with Crippen molar-refractivity contribution in [3.05, 3.63) is 65.7 Å². The number of pyridine rings is 2. The Morgan fingerprint density at radius 2 is 1.90 bits per heavy atom. The molecule has 4 heterocycles. The van der Waals surface area contributed by atoms with Crippen LogP contribution in [-0.2, 0) is 27.9 Å². The van der Waals surface area contributed by atoms with Gasteiger partial charge in [-0.15, -0.1) is 0 Å². The molecule has 2 amide bonds. The Kier molecular flexibility index (Phi) is 8.00. The number of amides is 2. The first-order chi connectivity index (χ1) is 19.1. The van der Waals surface area contributed by atoms with E-state index in [1.807, 2.05) is 50.2 Å². The highest BCUT2D eigenvalue weighted by Gasteiger charge is 2.53. The summed E-state index contributed by atoms with van der Waals surface area (Å²) in [5, 5.41) is 4.62. The maximum absolute atomic E-state index is 14.3. The summed E-state index contributed by atoms with van der Waals surface area (Å²) in [6.07, 6.45) is 10.6. The van der Waals surface area contributed by atoms with Gasteiger partial charge in [0.05, 0.1) is 29.5 Å². The van der Waals surface area contributed by atoms with Gasteiger partial charge in [-0.3, -0.25) is 14.8 Å². The van der Waals surface area contributed by atoms with Crippen LogP contribution in [0.3, 0.4) is 0 Å². The first kappa shape index (κ1) is 28.3. The second kappa shape index (κ2) is 11.3. The lowest BCUT2D eigenvalue weighted by molar-refractivity contribution is -0.125. The van der Waals surface area contributed by atoms with Crippen molar-refractivity contribution in [3.8, 4) is 0 Å². The summed E-state index contributed by atoms with van der Waals surface area (Å²) in [7, 11) is 0.295. The maximum Gasteiger partial charge on any atom is 0.410 e. The Hall–Kier alpha value is -3.26. The Labute approximate surface area is 239 Å². The number of rotatable bonds is 6. The van der Waals surface area contributed by atoms with Crippen LogP contribution in [0.1, 0.15) is 63.8 Å². The van der Waals surface area contributed by atoms with Gasteiger partial charge in [-0.05, 0) is 88.0 Å². The first-order valence-corrected chi connectivity index (χ1v) is 16.0. The van der Waals surface area contributed by atoms with E-state index >= 15 is 0 Å². The third-order valence-electron chi connectivity index (χ3n) is 8.13. The summed E-state index contributed by atoms with van der Waals surface area (Å²) in [5.74, 6) is 1.22. The van der Waals surface area contributed by atoms with Crippen molar-refractivity contribution >= 4 is 44.3 Å². The summed E-state index contributed by atoms with van der Waals surface area (Å²) in [4.78, 5) is 39.9. The van der Waals surface area contributed by atoms with E-state index in [0.717, 1.165) is 40.9 Å². The number of carbonyl (C=O) groups is 2. The van der Waals surface area contributed by atoms with Crippen molar-refractivity contribution in [2.24, 2.45) is 0 Å². The number of hydrogen-bond acceptors (Lipinski definition) is 5. The molecule has 0 N–H and O–H groups in total. The average Bonchev–Trinajstić information content (AvgIpc) is 3.16. The Balaban J connectivity index is 1.43. The molecular weight excluding hydrogens is 520 g/mol. The van der Waals surface area contributed by atoms with Crippen LogP contribution >= 0.6 is 10.5 Å². The quantitative estimate of drug-likeness (QED) is 0.341. The monoisotopic (exact) mass is 560 g/mol. The number of nitrogens with zero attached hydrogens (tertiary/aromatic N) is 4. The highest BCUT2D eigenvalue weighted by Crippen LogP contribution is 2.48. The smallest absolute Gasteiger partial charge is 0.410 e. The minimum atomic E-state index is -0.665. The molecule has 5 rings (SSSR count). The summed E-state index contributed by atoms with van der Waals surface area (Å²) in [6.45, 7) is 9.11. The molecule has 2 aliphatic rings. The first-order valence-electron chi connectivity index (χ1n) is 14.1. The molecule has 3 aromatic rings. The van der Waals surface area contributed by atoms with E-state index in [1.54, 1.807) is 11.1 Å². The predicted octanol–water partition coefficient (Wildman–Crippen LogP) is 6.10. The summed E-state index contributed by atoms with van der Waals surface area (Å²) >= 11 is 0. The van der Waals surface area contributed by atoms with E-state index in [2.05, 4.69) is 41.7 Å². The molecule has 1 saturated heterocycles. The van der Waals surface area contributed by atoms with Crippen LogP contribution in [0, 0.1) is 0 Å². The standard InChI is InChI=1S/C32H40N4O3S/c1-6-40(5)19-9-12-25-24-11-8-7-10-23(24)20-34-27(25)22-36-28-21-33-16-13-26(28)32(29(36)37)14-17-35(18-15-32)30(38)39-31(2,3)4/h6-8,10-11,13,16,20-21H,9,12,14-15,17-19,22H2,1-5H3. The van der Waals surface area contributed by atoms with Gasteiger partial charge in [0.15, 0.2) is 0 Å². The SMILES string of the molecule is C/C=S(\C)CCCc1c(CN2C(=O)C3(CCN(C(=O)OC(C)(C)C)CC3)c3ccncc32)ncc2ccccc12. The molecule has 1 fully saturated rings. The van der Waals surface area contributed by atoms with Crippen LogP contribution in [0.4, 0.5) is 10.5 Å². The number of aromatic nitrogens is 2. The number of fused-ring (bicyclic) bond motifs is 3. The lowest BCUT2D eigenvalue weighted by atomic mass is 9.74. The molecule has 1 spiro atoms. The van der Waals surface area contributed by atoms with Gasteiger partial charge in [-0.2, -0.15) is 10.5 Å². The van der Waals surface area contributed by atoms with Gasteiger partial charge in [0.1, 0.15) is 5.60 Å². The minimum Gasteiger partial charge on any atom is -0.444 e. The lowest BCUT2D eigenvalue weighted by Crippen LogP contribution is -2.50. The summed E-state index contributed by atoms with van der Waals surface area (Å²) in [5.41, 5.74) is 2.82. The second-order valence-corrected chi connectivity index (χ2v) is 14.1. The normalized spacial score (nSPS) is 17.5. The molecule has 2 aromatic heterocycles. The van der Waals surface area contributed by atoms with E-state index in [-0.39, 0.29) is 12.0 Å². The molecule has 1 aromatic carbocycles. The van der Waals surface area contributed by atoms with Crippen molar-refractivity contribution in [2.45, 2.75) is 70.9 Å². The number of carbonyl (C=O) groups excluding carboxylic acids is 2. The van der Waals surface area contributed by atoms with Crippen molar-refractivity contribution in [2.75, 3.05) is 30.0 Å². The van der Waals surface area contributed by atoms with Gasteiger partial charge in [0, 0.05) is 30.9 Å². The summed E-state index contributed by atoms with van der Waals surface area (Å²) < 4.78 is 5.60. The minimum absolute atomic E-state index is 0.0796. The van der Waals surface area contributed by atoms with Crippen LogP contribution in [-0.4, -0.2) is 62.9 Å². The number of hydrogen-bond donors (Lipinski definition) is 0. The summed E-state index contributed by atoms with van der Waals surface area (Å²) in [6, 6.07) is 10.4. The highest BCUT2D eigenvalue weighted by molar-refractivity contribution is 8.14. The number of aryl methyl sites for hydroxylation is 1. The van der Waals surface area contributed by atoms with Crippen molar-refractivity contribution in [1.82, 2.24) is 14.9 Å². The van der Waals surface area contributed by atoms with Gasteiger partial charge in [0.2, 0.25) is 5.91 Å². The lowest BCUT2D eigenvalue weighted by Gasteiger charge is -2.38. The largest absolute Gasteiger partial charge is 0.444 e. The van der Waals surface area contributed by atoms with E-state index in [4.69, 9.17) is 9.72 Å². The number of piperidine rings is 1. The molecule has 2 aliphatic heterocycles. The average molecular weight is 561 g/mol. The molecule has 212 valence electrons. The number of anilines is 1. The maximum atomic E-state index is 14.3. The molecule has 40 heavy (non-hydrogen) atoms. The predicted molar refractivity (Wildman–Crippen MR) is 164 cm³/mol. The van der Waals surface area contributed by atoms with Gasteiger partial charge in [0.25, 0.3) is 0 Å². The fraction of sp³-hybridized carbons (Fsp3) is 0.469. The third-order valence-corrected chi connectivity index (χ3v) is 9.86. The third kappa shape index (κ3) is 5.51. The van der Waals surface area contributed by atoms with Crippen LogP contribution < -0.4 is 4.90 Å². The molecule has 1 unspecified atom stereocenters.